The smallest absolute Gasteiger partial charge is 0.437 e. The first kappa shape index (κ1) is 21.0. The minimum Gasteiger partial charge on any atom is -0.493 e. The van der Waals surface area contributed by atoms with Crippen molar-refractivity contribution in [1.82, 2.24) is 10.6 Å². The molecule has 7 nitrogen and oxygen atoms in total. The van der Waals surface area contributed by atoms with Gasteiger partial charge in [0.25, 0.3) is 5.72 Å². The number of esters is 1. The summed E-state index contributed by atoms with van der Waals surface area (Å²) in [6.45, 7) is 1.27. The lowest BCUT2D eigenvalue weighted by Crippen LogP contribution is -2.73. The van der Waals surface area contributed by atoms with E-state index in [2.05, 4.69) is 5.32 Å². The van der Waals surface area contributed by atoms with Crippen molar-refractivity contribution in [2.24, 2.45) is 5.92 Å². The van der Waals surface area contributed by atoms with E-state index in [1.54, 1.807) is 5.32 Å². The fourth-order valence-electron chi connectivity index (χ4n) is 2.95. The van der Waals surface area contributed by atoms with Gasteiger partial charge in [-0.2, -0.15) is 13.2 Å². The summed E-state index contributed by atoms with van der Waals surface area (Å²) in [6.07, 6.45) is -5.22. The predicted octanol–water partition coefficient (Wildman–Crippen LogP) is 1.65. The number of carbonyl (C=O) groups is 1. The Hall–Kier alpha value is -2.27. The molecule has 0 aliphatic carbocycles. The Morgan fingerprint density at radius 3 is 2.52 bits per heavy atom. The van der Waals surface area contributed by atoms with Gasteiger partial charge in [0.05, 0.1) is 26.9 Å². The van der Waals surface area contributed by atoms with Crippen molar-refractivity contribution < 1.29 is 37.3 Å². The van der Waals surface area contributed by atoms with Gasteiger partial charge in [-0.3, -0.25) is 4.79 Å². The van der Waals surface area contributed by atoms with E-state index < -0.39 is 34.9 Å². The summed E-state index contributed by atoms with van der Waals surface area (Å²) in [4.78, 5) is 12.4. The lowest BCUT2D eigenvalue weighted by atomic mass is 9.81. The standard InChI is InChI=1S/C16H19F3N2O5S/c1-4-26-13(22)10-11(8-6-5-7-9(24-2)12(8)25-3)20-14(27)21-15(10,23)16(17,18)19/h5-7,10-11,23H,4H2,1-3H3,(H2,20,21,27)/t10-,11-,15+/m1/s1. The van der Waals surface area contributed by atoms with E-state index in [0.29, 0.717) is 0 Å². The van der Waals surface area contributed by atoms with E-state index >= 15 is 0 Å². The minimum absolute atomic E-state index is 0.0982. The summed E-state index contributed by atoms with van der Waals surface area (Å²) >= 11 is 4.84. The number of benzene rings is 1. The van der Waals surface area contributed by atoms with Gasteiger partial charge in [-0.25, -0.2) is 0 Å². The Labute approximate surface area is 158 Å². The van der Waals surface area contributed by atoms with Crippen LogP contribution in [0.5, 0.6) is 11.5 Å². The molecule has 0 bridgehead atoms. The molecule has 27 heavy (non-hydrogen) atoms. The monoisotopic (exact) mass is 408 g/mol. The van der Waals surface area contributed by atoms with Gasteiger partial charge in [-0.1, -0.05) is 12.1 Å². The lowest BCUT2D eigenvalue weighted by Gasteiger charge is -2.45. The first-order chi connectivity index (χ1) is 12.6. The molecule has 150 valence electrons. The number of para-hydroxylation sites is 1. The third-order valence-electron chi connectivity index (χ3n) is 4.12. The Balaban J connectivity index is 2.68. The van der Waals surface area contributed by atoms with Gasteiger partial charge in [0.1, 0.15) is 5.92 Å². The molecule has 1 aromatic rings. The number of thiocarbonyl (C=S) groups is 1. The van der Waals surface area contributed by atoms with Crippen LogP contribution in [0.25, 0.3) is 0 Å². The fraction of sp³-hybridized carbons (Fsp3) is 0.500. The Kier molecular flexibility index (Phi) is 6.05. The maximum atomic E-state index is 13.7. The number of hydrogen-bond donors (Lipinski definition) is 3. The van der Waals surface area contributed by atoms with Crippen LogP contribution >= 0.6 is 12.2 Å². The second kappa shape index (κ2) is 7.77. The number of hydrogen-bond acceptors (Lipinski definition) is 6. The number of ether oxygens (including phenoxy) is 3. The summed E-state index contributed by atoms with van der Waals surface area (Å²) in [5.74, 6) is -3.03. The average molecular weight is 408 g/mol. The average Bonchev–Trinajstić information content (AvgIpc) is 2.59. The number of alkyl halides is 3. The quantitative estimate of drug-likeness (QED) is 0.501. The lowest BCUT2D eigenvalue weighted by molar-refractivity contribution is -0.292. The second-order valence-corrected chi connectivity index (χ2v) is 6.06. The number of aliphatic hydroxyl groups is 1. The number of rotatable bonds is 5. The van der Waals surface area contributed by atoms with Crippen molar-refractivity contribution in [2.75, 3.05) is 20.8 Å². The van der Waals surface area contributed by atoms with Crippen molar-refractivity contribution in [1.29, 1.82) is 0 Å². The highest BCUT2D eigenvalue weighted by Gasteiger charge is 2.66. The van der Waals surface area contributed by atoms with Crippen LogP contribution in [-0.2, 0) is 9.53 Å². The zero-order valence-corrected chi connectivity index (χ0v) is 15.5. The third-order valence-corrected chi connectivity index (χ3v) is 4.34. The van der Waals surface area contributed by atoms with E-state index in [4.69, 9.17) is 26.4 Å². The van der Waals surface area contributed by atoms with Crippen molar-refractivity contribution in [3.8, 4) is 11.5 Å². The van der Waals surface area contributed by atoms with Crippen molar-refractivity contribution in [2.45, 2.75) is 24.9 Å². The van der Waals surface area contributed by atoms with Crippen molar-refractivity contribution >= 4 is 23.3 Å². The molecule has 11 heteroatoms. The maximum Gasteiger partial charge on any atom is 0.437 e. The Morgan fingerprint density at radius 1 is 1.33 bits per heavy atom. The van der Waals surface area contributed by atoms with Gasteiger partial charge >= 0.3 is 12.1 Å². The summed E-state index contributed by atoms with van der Waals surface area (Å²) < 4.78 is 56.3. The molecule has 0 unspecified atom stereocenters. The van der Waals surface area contributed by atoms with E-state index in [1.165, 1.54) is 39.3 Å². The fourth-order valence-corrected chi connectivity index (χ4v) is 3.24. The van der Waals surface area contributed by atoms with Crippen LogP contribution in [0, 0.1) is 5.92 Å². The summed E-state index contributed by atoms with van der Waals surface area (Å²) in [5.41, 5.74) is -3.50. The number of carbonyl (C=O) groups excluding carboxylic acids is 1. The zero-order valence-electron chi connectivity index (χ0n) is 14.7. The summed E-state index contributed by atoms with van der Waals surface area (Å²) in [5, 5.41) is 14.3. The molecule has 3 atom stereocenters. The highest BCUT2D eigenvalue weighted by Crippen LogP contribution is 2.46. The molecule has 1 fully saturated rings. The van der Waals surface area contributed by atoms with Gasteiger partial charge in [0.15, 0.2) is 16.6 Å². The van der Waals surface area contributed by atoms with Crippen LogP contribution in [0.1, 0.15) is 18.5 Å². The number of halogens is 3. The predicted molar refractivity (Wildman–Crippen MR) is 92.3 cm³/mol. The molecule has 0 aromatic heterocycles. The number of methoxy groups -OCH3 is 2. The van der Waals surface area contributed by atoms with Gasteiger partial charge in [0.2, 0.25) is 0 Å². The van der Waals surface area contributed by atoms with Crippen molar-refractivity contribution in [3.63, 3.8) is 0 Å². The molecule has 1 saturated heterocycles. The highest BCUT2D eigenvalue weighted by molar-refractivity contribution is 7.80. The van der Waals surface area contributed by atoms with Crippen LogP contribution in [0.3, 0.4) is 0 Å². The van der Waals surface area contributed by atoms with Crippen LogP contribution < -0.4 is 20.1 Å². The summed E-state index contributed by atoms with van der Waals surface area (Å²) in [7, 11) is 2.66. The SMILES string of the molecule is CCOC(=O)[C@H]1[C@@H](c2cccc(OC)c2OC)NC(=S)N[C@@]1(O)C(F)(F)F. The minimum atomic E-state index is -5.22. The van der Waals surface area contributed by atoms with Gasteiger partial charge in [0, 0.05) is 5.56 Å². The number of nitrogens with one attached hydrogen (secondary N) is 2. The zero-order chi connectivity index (χ0) is 20.4. The topological polar surface area (TPSA) is 89.1 Å². The molecule has 3 N–H and O–H groups in total. The van der Waals surface area contributed by atoms with Gasteiger partial charge in [-0.15, -0.1) is 0 Å². The van der Waals surface area contributed by atoms with E-state index in [1.807, 2.05) is 0 Å². The van der Waals surface area contributed by atoms with Gasteiger partial charge in [-0.05, 0) is 25.2 Å². The molecule has 1 heterocycles. The normalized spacial score (nSPS) is 25.2. The molecule has 0 amide bonds. The molecule has 0 radical (unpaired) electrons. The Bertz CT molecular complexity index is 730. The van der Waals surface area contributed by atoms with Crippen LogP contribution in [0.15, 0.2) is 18.2 Å². The second-order valence-electron chi connectivity index (χ2n) is 5.65. The molecular formula is C16H19F3N2O5S. The molecular weight excluding hydrogens is 389 g/mol. The van der Waals surface area contributed by atoms with Gasteiger partial charge < -0.3 is 30.0 Å². The molecule has 1 aliphatic heterocycles. The maximum absolute atomic E-state index is 13.7. The van der Waals surface area contributed by atoms with Crippen LogP contribution in [0.2, 0.25) is 0 Å². The van der Waals surface area contributed by atoms with Crippen LogP contribution in [0.4, 0.5) is 13.2 Å². The van der Waals surface area contributed by atoms with Crippen molar-refractivity contribution in [3.05, 3.63) is 23.8 Å². The first-order valence-electron chi connectivity index (χ1n) is 7.86. The van der Waals surface area contributed by atoms with Crippen LogP contribution in [-0.4, -0.2) is 48.9 Å². The summed E-state index contributed by atoms with van der Waals surface area (Å²) in [6, 6.07) is 3.10. The molecule has 2 rings (SSSR count). The molecule has 0 saturated carbocycles. The highest BCUT2D eigenvalue weighted by atomic mass is 32.1. The largest absolute Gasteiger partial charge is 0.493 e. The Morgan fingerprint density at radius 2 is 2.00 bits per heavy atom. The molecule has 0 spiro atoms. The third kappa shape index (κ3) is 3.74. The van der Waals surface area contributed by atoms with E-state index in [9.17, 15) is 23.1 Å². The first-order valence-corrected chi connectivity index (χ1v) is 8.26. The molecule has 1 aromatic carbocycles. The molecule has 1 aliphatic rings. The van der Waals surface area contributed by atoms with E-state index in [0.717, 1.165) is 0 Å². The van der Waals surface area contributed by atoms with E-state index in [-0.39, 0.29) is 23.7 Å².